The summed E-state index contributed by atoms with van der Waals surface area (Å²) in [5.74, 6) is -0.402. The molecule has 3 rings (SSSR count). The first-order chi connectivity index (χ1) is 12.6. The molecule has 2 heterocycles. The number of nitrogens with one attached hydrogen (secondary N) is 1. The third kappa shape index (κ3) is 4.50. The van der Waals surface area contributed by atoms with Gasteiger partial charge in [-0.25, -0.2) is 0 Å². The molecule has 7 nitrogen and oxygen atoms in total. The fourth-order valence-corrected chi connectivity index (χ4v) is 2.82. The molecule has 1 saturated heterocycles. The molecule has 2 aromatic rings. The quantitative estimate of drug-likeness (QED) is 0.819. The van der Waals surface area contributed by atoms with Gasteiger partial charge in [-0.15, -0.1) is 0 Å². The molecule has 7 heteroatoms. The van der Waals surface area contributed by atoms with E-state index in [0.717, 1.165) is 5.56 Å². The largest absolute Gasteiger partial charge is 0.459 e. The van der Waals surface area contributed by atoms with E-state index in [1.165, 1.54) is 6.26 Å². The number of nitrogens with zero attached hydrogens (tertiary/aromatic N) is 2. The lowest BCUT2D eigenvalue weighted by Crippen LogP contribution is -2.51. The molecule has 1 aliphatic rings. The topological polar surface area (TPSA) is 82.9 Å². The zero-order valence-corrected chi connectivity index (χ0v) is 14.4. The predicted octanol–water partition coefficient (Wildman–Crippen LogP) is 1.27. The van der Waals surface area contributed by atoms with Crippen LogP contribution in [-0.4, -0.2) is 53.7 Å². The van der Waals surface area contributed by atoms with E-state index in [4.69, 9.17) is 4.42 Å². The minimum absolute atomic E-state index is 0.178. The lowest BCUT2D eigenvalue weighted by atomic mass is 10.2. The summed E-state index contributed by atoms with van der Waals surface area (Å²) in [6, 6.07) is 12.8. The van der Waals surface area contributed by atoms with Crippen LogP contribution < -0.4 is 5.32 Å². The zero-order chi connectivity index (χ0) is 18.4. The van der Waals surface area contributed by atoms with Crippen LogP contribution >= 0.6 is 0 Å². The Morgan fingerprint density at radius 2 is 1.62 bits per heavy atom. The van der Waals surface area contributed by atoms with Gasteiger partial charge in [-0.1, -0.05) is 30.3 Å². The predicted molar refractivity (Wildman–Crippen MR) is 94.1 cm³/mol. The molecule has 0 radical (unpaired) electrons. The van der Waals surface area contributed by atoms with Crippen molar-refractivity contribution in [2.45, 2.75) is 13.0 Å². The highest BCUT2D eigenvalue weighted by Crippen LogP contribution is 2.10. The highest BCUT2D eigenvalue weighted by molar-refractivity contribution is 5.97. The molecule has 0 saturated carbocycles. The Morgan fingerprint density at radius 1 is 0.923 bits per heavy atom. The molecule has 1 aliphatic heterocycles. The van der Waals surface area contributed by atoms with Crippen molar-refractivity contribution in [1.82, 2.24) is 15.1 Å². The maximum atomic E-state index is 12.3. The van der Waals surface area contributed by atoms with Crippen molar-refractivity contribution in [1.29, 1.82) is 0 Å². The molecule has 136 valence electrons. The average molecular weight is 355 g/mol. The second kappa shape index (κ2) is 8.33. The van der Waals surface area contributed by atoms with Crippen LogP contribution in [0.1, 0.15) is 22.5 Å². The number of hydrogen-bond acceptors (Lipinski definition) is 4. The number of amides is 3. The monoisotopic (exact) mass is 355 g/mol. The Labute approximate surface area is 151 Å². The van der Waals surface area contributed by atoms with Crippen LogP contribution in [0, 0.1) is 0 Å². The number of rotatable bonds is 5. The molecule has 0 bridgehead atoms. The molecule has 0 unspecified atom stereocenters. The van der Waals surface area contributed by atoms with Gasteiger partial charge in [0, 0.05) is 32.7 Å². The third-order valence-electron chi connectivity index (χ3n) is 4.30. The van der Waals surface area contributed by atoms with Crippen LogP contribution in [0.3, 0.4) is 0 Å². The maximum absolute atomic E-state index is 12.3. The van der Waals surface area contributed by atoms with Crippen molar-refractivity contribution in [3.63, 3.8) is 0 Å². The Kier molecular flexibility index (Phi) is 5.68. The van der Waals surface area contributed by atoms with Gasteiger partial charge in [0.2, 0.25) is 11.8 Å². The molecule has 26 heavy (non-hydrogen) atoms. The Morgan fingerprint density at radius 3 is 2.27 bits per heavy atom. The molecule has 0 spiro atoms. The summed E-state index contributed by atoms with van der Waals surface area (Å²) in [7, 11) is 0. The van der Waals surface area contributed by atoms with Crippen LogP contribution in [0.15, 0.2) is 53.1 Å². The second-order valence-corrected chi connectivity index (χ2v) is 6.09. The first kappa shape index (κ1) is 17.7. The normalized spacial score (nSPS) is 14.2. The summed E-state index contributed by atoms with van der Waals surface area (Å²) in [5, 5.41) is 2.75. The maximum Gasteiger partial charge on any atom is 0.289 e. The van der Waals surface area contributed by atoms with Gasteiger partial charge in [-0.2, -0.15) is 0 Å². The lowest BCUT2D eigenvalue weighted by molar-refractivity contribution is -0.137. The van der Waals surface area contributed by atoms with Crippen molar-refractivity contribution >= 4 is 17.7 Å². The van der Waals surface area contributed by atoms with Crippen molar-refractivity contribution in [3.05, 3.63) is 60.1 Å². The van der Waals surface area contributed by atoms with E-state index in [2.05, 4.69) is 5.32 Å². The highest BCUT2D eigenvalue weighted by Gasteiger charge is 2.26. The van der Waals surface area contributed by atoms with Gasteiger partial charge in [-0.05, 0) is 17.7 Å². The van der Waals surface area contributed by atoms with Crippen molar-refractivity contribution in [2.24, 2.45) is 0 Å². The highest BCUT2D eigenvalue weighted by atomic mass is 16.3. The fraction of sp³-hybridized carbons (Fsp3) is 0.316. The van der Waals surface area contributed by atoms with Crippen molar-refractivity contribution in [3.8, 4) is 0 Å². The van der Waals surface area contributed by atoms with E-state index in [1.807, 2.05) is 30.3 Å². The van der Waals surface area contributed by atoms with Gasteiger partial charge in [-0.3, -0.25) is 14.4 Å². The molecule has 0 aliphatic carbocycles. The summed E-state index contributed by atoms with van der Waals surface area (Å²) >= 11 is 0. The van der Waals surface area contributed by atoms with Gasteiger partial charge >= 0.3 is 0 Å². The van der Waals surface area contributed by atoms with Gasteiger partial charge in [0.1, 0.15) is 6.42 Å². The molecule has 0 atom stereocenters. The SMILES string of the molecule is O=C(CC(=O)N1CCN(C(=O)c2ccco2)CC1)NCc1ccccc1. The average Bonchev–Trinajstić information content (AvgIpc) is 3.21. The first-order valence-electron chi connectivity index (χ1n) is 8.54. The number of piperazine rings is 1. The van der Waals surface area contributed by atoms with E-state index in [0.29, 0.717) is 38.5 Å². The standard InChI is InChI=1S/C19H21N3O4/c23-17(20-14-15-5-2-1-3-6-15)13-18(24)21-8-10-22(11-9-21)19(25)16-7-4-12-26-16/h1-7,12H,8-11,13-14H2,(H,20,23). The van der Waals surface area contributed by atoms with Gasteiger partial charge in [0.05, 0.1) is 6.26 Å². The van der Waals surface area contributed by atoms with Crippen LogP contribution in [-0.2, 0) is 16.1 Å². The van der Waals surface area contributed by atoms with Crippen LogP contribution in [0.4, 0.5) is 0 Å². The number of carbonyl (C=O) groups excluding carboxylic acids is 3. The Bertz CT molecular complexity index is 750. The number of carbonyl (C=O) groups is 3. The van der Waals surface area contributed by atoms with E-state index >= 15 is 0 Å². The van der Waals surface area contributed by atoms with E-state index in [1.54, 1.807) is 21.9 Å². The summed E-state index contributed by atoms with van der Waals surface area (Å²) in [6.45, 7) is 2.08. The lowest BCUT2D eigenvalue weighted by Gasteiger charge is -2.34. The van der Waals surface area contributed by atoms with Crippen molar-refractivity contribution < 1.29 is 18.8 Å². The first-order valence-corrected chi connectivity index (χ1v) is 8.54. The van der Waals surface area contributed by atoms with Crippen LogP contribution in [0.2, 0.25) is 0 Å². The van der Waals surface area contributed by atoms with Crippen LogP contribution in [0.5, 0.6) is 0 Å². The van der Waals surface area contributed by atoms with E-state index < -0.39 is 0 Å². The smallest absolute Gasteiger partial charge is 0.289 e. The molecule has 1 aromatic carbocycles. The van der Waals surface area contributed by atoms with Crippen LogP contribution in [0.25, 0.3) is 0 Å². The minimum atomic E-state index is -0.298. The molecule has 1 N–H and O–H groups in total. The molecule has 1 aromatic heterocycles. The fourth-order valence-electron chi connectivity index (χ4n) is 2.82. The molecule has 1 fully saturated rings. The van der Waals surface area contributed by atoms with Gasteiger partial charge in [0.15, 0.2) is 5.76 Å². The van der Waals surface area contributed by atoms with Crippen molar-refractivity contribution in [2.75, 3.05) is 26.2 Å². The number of hydrogen-bond donors (Lipinski definition) is 1. The molecule has 3 amide bonds. The van der Waals surface area contributed by atoms with Gasteiger partial charge in [0.25, 0.3) is 5.91 Å². The summed E-state index contributed by atoms with van der Waals surface area (Å²) < 4.78 is 5.11. The third-order valence-corrected chi connectivity index (χ3v) is 4.30. The summed E-state index contributed by atoms with van der Waals surface area (Å²) in [6.07, 6.45) is 1.28. The molecular weight excluding hydrogens is 334 g/mol. The number of furan rings is 1. The molecular formula is C19H21N3O4. The Balaban J connectivity index is 1.42. The van der Waals surface area contributed by atoms with E-state index in [9.17, 15) is 14.4 Å². The summed E-state index contributed by atoms with van der Waals surface area (Å²) in [5.41, 5.74) is 0.985. The van der Waals surface area contributed by atoms with E-state index in [-0.39, 0.29) is 24.1 Å². The summed E-state index contributed by atoms with van der Waals surface area (Å²) in [4.78, 5) is 39.7. The zero-order valence-electron chi connectivity index (χ0n) is 14.4. The minimum Gasteiger partial charge on any atom is -0.459 e. The van der Waals surface area contributed by atoms with Gasteiger partial charge < -0.3 is 19.5 Å². The number of benzene rings is 1. The Hall–Kier alpha value is -3.09. The second-order valence-electron chi connectivity index (χ2n) is 6.09.